The summed E-state index contributed by atoms with van der Waals surface area (Å²) in [6.07, 6.45) is -0.560. The van der Waals surface area contributed by atoms with Crippen LogP contribution in [0.15, 0.2) is 0 Å². The molecule has 0 fully saturated rings. The maximum atomic E-state index is 9.00. The lowest BCUT2D eigenvalue weighted by Crippen LogP contribution is -2.03. The molecule has 0 heterocycles. The molecule has 0 rings (SSSR count). The van der Waals surface area contributed by atoms with E-state index in [1.54, 1.807) is 0 Å². The summed E-state index contributed by atoms with van der Waals surface area (Å²) in [4.78, 5) is 18.0. The Labute approximate surface area is 118 Å². The summed E-state index contributed by atoms with van der Waals surface area (Å²) in [7, 11) is 0. The number of aliphatic carboxylic acids is 2. The molecule has 124 valence electrons. The fourth-order valence-corrected chi connectivity index (χ4v) is 0.231. The van der Waals surface area contributed by atoms with Crippen molar-refractivity contribution < 1.29 is 45.0 Å². The minimum Gasteiger partial charge on any atom is -0.481 e. The van der Waals surface area contributed by atoms with Gasteiger partial charge in [0.05, 0.1) is 39.1 Å². The van der Waals surface area contributed by atoms with Gasteiger partial charge < -0.3 is 35.4 Å². The lowest BCUT2D eigenvalue weighted by molar-refractivity contribution is -0.135. The van der Waals surface area contributed by atoms with Crippen LogP contribution in [0, 0.1) is 0 Å². The van der Waals surface area contributed by atoms with Gasteiger partial charge in [0.1, 0.15) is 0 Å². The van der Waals surface area contributed by atoms with Gasteiger partial charge in [0.2, 0.25) is 0 Å². The molecule has 9 nitrogen and oxygen atoms in total. The molecule has 0 aliphatic carbocycles. The van der Waals surface area contributed by atoms with Gasteiger partial charge in [-0.3, -0.25) is 9.59 Å². The van der Waals surface area contributed by atoms with Crippen LogP contribution in [0.4, 0.5) is 0 Å². The van der Waals surface area contributed by atoms with Crippen molar-refractivity contribution in [2.45, 2.75) is 26.9 Å². The Morgan fingerprint density at radius 3 is 1.25 bits per heavy atom. The van der Waals surface area contributed by atoms with Crippen LogP contribution in [-0.4, -0.2) is 81.7 Å². The van der Waals surface area contributed by atoms with Crippen molar-refractivity contribution >= 4 is 11.9 Å². The van der Waals surface area contributed by atoms with E-state index in [2.05, 4.69) is 4.74 Å². The van der Waals surface area contributed by atoms with Gasteiger partial charge in [0, 0.05) is 13.8 Å². The Morgan fingerprint density at radius 2 is 1.15 bits per heavy atom. The van der Waals surface area contributed by atoms with Crippen LogP contribution in [-0.2, 0) is 14.3 Å². The molecule has 6 N–H and O–H groups in total. The summed E-state index contributed by atoms with van der Waals surface area (Å²) >= 11 is 0. The van der Waals surface area contributed by atoms with Gasteiger partial charge in [0.25, 0.3) is 11.9 Å². The molecule has 0 spiro atoms. The Kier molecular flexibility index (Phi) is 35.7. The minimum atomic E-state index is -0.833. The Morgan fingerprint density at radius 1 is 0.950 bits per heavy atom. The lowest BCUT2D eigenvalue weighted by Gasteiger charge is -1.94. The third-order valence-corrected chi connectivity index (χ3v) is 0.735. The SMILES string of the molecule is CC(=O)O.CC(=O)O.CC(O)CO.OCCOCCO. The maximum absolute atomic E-state index is 9.00. The molecule has 1 atom stereocenters. The first-order chi connectivity index (χ1) is 9.15. The van der Waals surface area contributed by atoms with E-state index in [4.69, 9.17) is 40.2 Å². The molecule has 9 heteroatoms. The van der Waals surface area contributed by atoms with Crippen LogP contribution in [0.1, 0.15) is 20.8 Å². The van der Waals surface area contributed by atoms with Crippen molar-refractivity contribution in [3.8, 4) is 0 Å². The van der Waals surface area contributed by atoms with Crippen molar-refractivity contribution in [1.29, 1.82) is 0 Å². The maximum Gasteiger partial charge on any atom is 0.300 e. The zero-order valence-corrected chi connectivity index (χ0v) is 12.0. The summed E-state index contributed by atoms with van der Waals surface area (Å²) in [5, 5.41) is 47.0. The molecule has 0 aromatic rings. The van der Waals surface area contributed by atoms with Gasteiger partial charge in [0.15, 0.2) is 0 Å². The topological polar surface area (TPSA) is 165 Å². The van der Waals surface area contributed by atoms with Crippen molar-refractivity contribution in [3.63, 3.8) is 0 Å². The second kappa shape index (κ2) is 26.3. The average molecular weight is 302 g/mol. The molecular weight excluding hydrogens is 276 g/mol. The van der Waals surface area contributed by atoms with Gasteiger partial charge >= 0.3 is 0 Å². The highest BCUT2D eigenvalue weighted by atomic mass is 16.5. The van der Waals surface area contributed by atoms with Gasteiger partial charge in [-0.05, 0) is 6.92 Å². The fraction of sp³-hybridized carbons (Fsp3) is 0.818. The number of carboxylic acid groups (broad SMARTS) is 2. The average Bonchev–Trinajstić information content (AvgIpc) is 2.29. The number of rotatable bonds is 5. The van der Waals surface area contributed by atoms with Crippen molar-refractivity contribution in [3.05, 3.63) is 0 Å². The van der Waals surface area contributed by atoms with E-state index in [1.807, 2.05) is 0 Å². The Hall–Kier alpha value is -1.26. The summed E-state index contributed by atoms with van der Waals surface area (Å²) in [5.41, 5.74) is 0. The van der Waals surface area contributed by atoms with E-state index >= 15 is 0 Å². The largest absolute Gasteiger partial charge is 0.481 e. The zero-order valence-electron chi connectivity index (χ0n) is 12.0. The molecule has 0 saturated carbocycles. The summed E-state index contributed by atoms with van der Waals surface area (Å²) in [6.45, 7) is 4.25. The molecule has 0 bridgehead atoms. The normalized spacial score (nSPS) is 9.55. The molecular formula is C11H26O9. The number of aliphatic hydroxyl groups excluding tert-OH is 4. The number of carbonyl (C=O) groups is 2. The number of carboxylic acids is 2. The highest BCUT2D eigenvalue weighted by Crippen LogP contribution is 1.69. The quantitative estimate of drug-likeness (QED) is 0.332. The van der Waals surface area contributed by atoms with E-state index < -0.39 is 18.0 Å². The molecule has 0 saturated heterocycles. The van der Waals surface area contributed by atoms with Crippen molar-refractivity contribution in [2.75, 3.05) is 33.0 Å². The summed E-state index contributed by atoms with van der Waals surface area (Å²) < 4.78 is 4.63. The molecule has 0 aliphatic rings. The van der Waals surface area contributed by atoms with E-state index in [9.17, 15) is 0 Å². The molecule has 0 radical (unpaired) electrons. The predicted molar refractivity (Wildman–Crippen MR) is 70.4 cm³/mol. The highest BCUT2D eigenvalue weighted by molar-refractivity contribution is 5.63. The van der Waals surface area contributed by atoms with Crippen molar-refractivity contribution in [2.24, 2.45) is 0 Å². The smallest absolute Gasteiger partial charge is 0.300 e. The summed E-state index contributed by atoms with van der Waals surface area (Å²) in [6, 6.07) is 0. The van der Waals surface area contributed by atoms with E-state index in [0.29, 0.717) is 13.2 Å². The number of hydrogen-bond acceptors (Lipinski definition) is 7. The molecule has 1 unspecified atom stereocenters. The van der Waals surface area contributed by atoms with Gasteiger partial charge in [-0.15, -0.1) is 0 Å². The number of hydrogen-bond donors (Lipinski definition) is 6. The minimum absolute atomic E-state index is 0.0278. The third kappa shape index (κ3) is 185. The van der Waals surface area contributed by atoms with Gasteiger partial charge in [-0.25, -0.2) is 0 Å². The molecule has 0 amide bonds. The number of ether oxygens (including phenoxy) is 1. The fourth-order valence-electron chi connectivity index (χ4n) is 0.231. The number of aliphatic hydroxyl groups is 4. The molecule has 0 aromatic heterocycles. The van der Waals surface area contributed by atoms with E-state index in [-0.39, 0.29) is 19.8 Å². The standard InChI is InChI=1S/C4H10O3.C3H8O2.2C2H4O2/c5-1-3-7-4-2-6;1-3(5)2-4;2*1-2(3)4/h5-6H,1-4H2;3-5H,2H2,1H3;2*1H3,(H,3,4). The lowest BCUT2D eigenvalue weighted by atomic mass is 10.5. The first kappa shape index (κ1) is 27.1. The predicted octanol–water partition coefficient (Wildman–Crippen LogP) is -1.47. The first-order valence-corrected chi connectivity index (χ1v) is 5.63. The zero-order chi connectivity index (χ0) is 17.0. The van der Waals surface area contributed by atoms with E-state index in [1.165, 1.54) is 6.92 Å². The van der Waals surface area contributed by atoms with Crippen molar-refractivity contribution in [1.82, 2.24) is 0 Å². The summed E-state index contributed by atoms with van der Waals surface area (Å²) in [5.74, 6) is -1.67. The Bertz CT molecular complexity index is 170. The van der Waals surface area contributed by atoms with Gasteiger partial charge in [-0.2, -0.15) is 0 Å². The van der Waals surface area contributed by atoms with Crippen LogP contribution >= 0.6 is 0 Å². The van der Waals surface area contributed by atoms with E-state index in [0.717, 1.165) is 13.8 Å². The van der Waals surface area contributed by atoms with Crippen LogP contribution in [0.5, 0.6) is 0 Å². The first-order valence-electron chi connectivity index (χ1n) is 5.63. The highest BCUT2D eigenvalue weighted by Gasteiger charge is 1.83. The van der Waals surface area contributed by atoms with Crippen LogP contribution < -0.4 is 0 Å². The molecule has 20 heavy (non-hydrogen) atoms. The Balaban J connectivity index is -0.0000000883. The third-order valence-electron chi connectivity index (χ3n) is 0.735. The van der Waals surface area contributed by atoms with Crippen LogP contribution in [0.2, 0.25) is 0 Å². The molecule has 0 aliphatic heterocycles. The molecule has 0 aromatic carbocycles. The monoisotopic (exact) mass is 302 g/mol. The van der Waals surface area contributed by atoms with Gasteiger partial charge in [-0.1, -0.05) is 0 Å². The van der Waals surface area contributed by atoms with Crippen LogP contribution in [0.25, 0.3) is 0 Å². The second-order valence-corrected chi connectivity index (χ2v) is 3.13. The van der Waals surface area contributed by atoms with Crippen LogP contribution in [0.3, 0.4) is 0 Å². The second-order valence-electron chi connectivity index (χ2n) is 3.13.